The van der Waals surface area contributed by atoms with Crippen LogP contribution in [0.15, 0.2) is 48.5 Å². The number of alkyl halides is 6. The number of benzene rings is 2. The number of rotatable bonds is 5. The highest BCUT2D eigenvalue weighted by Crippen LogP contribution is 2.36. The molecule has 2 aliphatic rings. The van der Waals surface area contributed by atoms with Gasteiger partial charge in [0.2, 0.25) is 0 Å². The summed E-state index contributed by atoms with van der Waals surface area (Å²) in [4.78, 5) is 29.0. The van der Waals surface area contributed by atoms with Gasteiger partial charge in [0.1, 0.15) is 6.61 Å². The molecule has 2 fully saturated rings. The summed E-state index contributed by atoms with van der Waals surface area (Å²) >= 11 is 0. The Labute approximate surface area is 221 Å². The number of halogens is 6. The zero-order valence-corrected chi connectivity index (χ0v) is 21.0. The molecule has 39 heavy (non-hydrogen) atoms. The SMILES string of the molecule is O=C(N[C@@H]1CCN([C@@H]2CCCN(C(=O)OCc3ccccc3)CC2)C1)c1cc(C(F)(F)F)cc(C(F)(F)F)c1. The lowest BCUT2D eigenvalue weighted by Crippen LogP contribution is -2.40. The molecule has 6 nitrogen and oxygen atoms in total. The third kappa shape index (κ3) is 7.65. The van der Waals surface area contributed by atoms with Crippen molar-refractivity contribution in [2.24, 2.45) is 0 Å². The van der Waals surface area contributed by atoms with Crippen LogP contribution in [0.3, 0.4) is 0 Å². The molecule has 2 heterocycles. The predicted molar refractivity (Wildman–Crippen MR) is 130 cm³/mol. The number of carbonyl (C=O) groups excluding carboxylic acids is 2. The molecule has 4 rings (SSSR count). The molecule has 0 spiro atoms. The molecule has 0 radical (unpaired) electrons. The number of nitrogens with zero attached hydrogens (tertiary/aromatic N) is 2. The first-order valence-corrected chi connectivity index (χ1v) is 12.7. The maximum absolute atomic E-state index is 13.2. The second kappa shape index (κ2) is 11.8. The van der Waals surface area contributed by atoms with Gasteiger partial charge in [0.05, 0.1) is 11.1 Å². The van der Waals surface area contributed by atoms with E-state index in [4.69, 9.17) is 4.74 Å². The number of likely N-dealkylation sites (tertiary alicyclic amines) is 2. The third-order valence-electron chi connectivity index (χ3n) is 7.08. The Hall–Kier alpha value is -3.28. The Bertz CT molecular complexity index is 1120. The summed E-state index contributed by atoms with van der Waals surface area (Å²) in [6.07, 6.45) is -7.68. The van der Waals surface area contributed by atoms with Gasteiger partial charge in [0.25, 0.3) is 5.91 Å². The molecule has 2 amide bonds. The van der Waals surface area contributed by atoms with Crippen molar-refractivity contribution in [1.29, 1.82) is 0 Å². The Morgan fingerprint density at radius 1 is 0.872 bits per heavy atom. The van der Waals surface area contributed by atoms with E-state index in [9.17, 15) is 35.9 Å². The third-order valence-corrected chi connectivity index (χ3v) is 7.08. The lowest BCUT2D eigenvalue weighted by atomic mass is 10.0. The fraction of sp³-hybridized carbons (Fsp3) is 0.481. The van der Waals surface area contributed by atoms with Crippen molar-refractivity contribution in [3.05, 3.63) is 70.8 Å². The molecule has 2 aromatic rings. The van der Waals surface area contributed by atoms with Crippen LogP contribution in [0.25, 0.3) is 0 Å². The topological polar surface area (TPSA) is 61.9 Å². The zero-order chi connectivity index (χ0) is 28.2. The van der Waals surface area contributed by atoms with Gasteiger partial charge < -0.3 is 15.0 Å². The van der Waals surface area contributed by atoms with Gasteiger partial charge >= 0.3 is 18.4 Å². The van der Waals surface area contributed by atoms with E-state index in [1.165, 1.54) is 0 Å². The van der Waals surface area contributed by atoms with Crippen molar-refractivity contribution < 1.29 is 40.7 Å². The predicted octanol–water partition coefficient (Wildman–Crippen LogP) is 5.72. The highest BCUT2D eigenvalue weighted by atomic mass is 19.4. The lowest BCUT2D eigenvalue weighted by molar-refractivity contribution is -0.143. The fourth-order valence-electron chi connectivity index (χ4n) is 5.03. The Morgan fingerprint density at radius 2 is 1.54 bits per heavy atom. The van der Waals surface area contributed by atoms with Gasteiger partial charge in [-0.05, 0) is 49.4 Å². The van der Waals surface area contributed by atoms with E-state index < -0.39 is 41.0 Å². The monoisotopic (exact) mass is 557 g/mol. The van der Waals surface area contributed by atoms with Gasteiger partial charge in [0.15, 0.2) is 0 Å². The maximum atomic E-state index is 13.2. The van der Waals surface area contributed by atoms with Crippen LogP contribution in [-0.4, -0.2) is 60.1 Å². The molecule has 0 bridgehead atoms. The maximum Gasteiger partial charge on any atom is 0.416 e. The zero-order valence-electron chi connectivity index (χ0n) is 21.0. The van der Waals surface area contributed by atoms with Crippen molar-refractivity contribution in [3.63, 3.8) is 0 Å². The van der Waals surface area contributed by atoms with Crippen LogP contribution in [0.1, 0.15) is 52.7 Å². The highest BCUT2D eigenvalue weighted by Gasteiger charge is 2.38. The lowest BCUT2D eigenvalue weighted by Gasteiger charge is -2.27. The van der Waals surface area contributed by atoms with Gasteiger partial charge in [-0.1, -0.05) is 30.3 Å². The van der Waals surface area contributed by atoms with Crippen LogP contribution in [-0.2, 0) is 23.7 Å². The number of hydrogen-bond donors (Lipinski definition) is 1. The molecule has 0 saturated carbocycles. The van der Waals surface area contributed by atoms with Crippen LogP contribution >= 0.6 is 0 Å². The Morgan fingerprint density at radius 3 is 2.18 bits per heavy atom. The molecule has 2 saturated heterocycles. The minimum atomic E-state index is -5.03. The number of ether oxygens (including phenoxy) is 1. The fourth-order valence-corrected chi connectivity index (χ4v) is 5.03. The van der Waals surface area contributed by atoms with E-state index in [0.29, 0.717) is 51.2 Å². The van der Waals surface area contributed by atoms with Crippen molar-refractivity contribution in [2.75, 3.05) is 26.2 Å². The van der Waals surface area contributed by atoms with E-state index >= 15 is 0 Å². The van der Waals surface area contributed by atoms with Gasteiger partial charge in [-0.25, -0.2) is 4.79 Å². The van der Waals surface area contributed by atoms with Gasteiger partial charge in [0, 0.05) is 43.8 Å². The standard InChI is InChI=1S/C27H29F6N3O3/c28-26(29,30)20-13-19(14-21(15-20)27(31,32)33)24(37)34-22-8-11-36(16-22)23-7-4-10-35(12-9-23)25(38)39-17-18-5-2-1-3-6-18/h1-3,5-6,13-15,22-23H,4,7-12,16-17H2,(H,34,37)/t22-,23-/m1/s1. The highest BCUT2D eigenvalue weighted by molar-refractivity contribution is 5.95. The molecule has 12 heteroatoms. The van der Waals surface area contributed by atoms with Crippen LogP contribution in [0.5, 0.6) is 0 Å². The molecule has 0 unspecified atom stereocenters. The number of amides is 2. The number of hydrogen-bond acceptors (Lipinski definition) is 4. The molecule has 2 aromatic carbocycles. The van der Waals surface area contributed by atoms with Crippen LogP contribution in [0, 0.1) is 0 Å². The summed E-state index contributed by atoms with van der Waals surface area (Å²) in [5.41, 5.74) is -2.85. The number of nitrogens with one attached hydrogen (secondary N) is 1. The van der Waals surface area contributed by atoms with Gasteiger partial charge in [-0.2, -0.15) is 26.3 Å². The summed E-state index contributed by atoms with van der Waals surface area (Å²) in [6, 6.07) is 9.94. The summed E-state index contributed by atoms with van der Waals surface area (Å²) in [5.74, 6) is -0.980. The summed E-state index contributed by atoms with van der Waals surface area (Å²) in [7, 11) is 0. The van der Waals surface area contributed by atoms with E-state index in [1.807, 2.05) is 30.3 Å². The molecule has 212 valence electrons. The average molecular weight is 558 g/mol. The largest absolute Gasteiger partial charge is 0.445 e. The average Bonchev–Trinajstić information content (AvgIpc) is 3.21. The van der Waals surface area contributed by atoms with Crippen LogP contribution in [0.4, 0.5) is 31.1 Å². The quantitative estimate of drug-likeness (QED) is 0.478. The van der Waals surface area contributed by atoms with Crippen molar-refractivity contribution >= 4 is 12.0 Å². The Balaban J connectivity index is 1.31. The van der Waals surface area contributed by atoms with E-state index in [2.05, 4.69) is 10.2 Å². The molecule has 2 atom stereocenters. The minimum absolute atomic E-state index is 0.000878. The Kier molecular flexibility index (Phi) is 8.73. The molecule has 0 aromatic heterocycles. The summed E-state index contributed by atoms with van der Waals surface area (Å²) in [6.45, 7) is 2.26. The molecule has 0 aliphatic carbocycles. The first kappa shape index (κ1) is 28.7. The normalized spacial score (nSPS) is 20.9. The van der Waals surface area contributed by atoms with E-state index in [-0.39, 0.29) is 24.8 Å². The van der Waals surface area contributed by atoms with Crippen molar-refractivity contribution in [2.45, 2.75) is 56.7 Å². The first-order valence-electron chi connectivity index (χ1n) is 12.7. The van der Waals surface area contributed by atoms with Crippen LogP contribution < -0.4 is 5.32 Å². The van der Waals surface area contributed by atoms with Gasteiger partial charge in [-0.3, -0.25) is 9.69 Å². The summed E-state index contributed by atoms with van der Waals surface area (Å²) in [5, 5.41) is 2.60. The smallest absolute Gasteiger partial charge is 0.416 e. The molecular weight excluding hydrogens is 528 g/mol. The second-order valence-corrected chi connectivity index (χ2v) is 9.86. The molecular formula is C27H29F6N3O3. The van der Waals surface area contributed by atoms with E-state index in [1.54, 1.807) is 4.90 Å². The first-order chi connectivity index (χ1) is 18.4. The van der Waals surface area contributed by atoms with Gasteiger partial charge in [-0.15, -0.1) is 0 Å². The van der Waals surface area contributed by atoms with Crippen LogP contribution in [0.2, 0.25) is 0 Å². The molecule has 2 aliphatic heterocycles. The summed E-state index contributed by atoms with van der Waals surface area (Å²) < 4.78 is 84.4. The van der Waals surface area contributed by atoms with Crippen molar-refractivity contribution in [3.8, 4) is 0 Å². The van der Waals surface area contributed by atoms with Crippen molar-refractivity contribution in [1.82, 2.24) is 15.1 Å². The number of carbonyl (C=O) groups is 2. The minimum Gasteiger partial charge on any atom is -0.445 e. The molecule has 1 N–H and O–H groups in total. The van der Waals surface area contributed by atoms with E-state index in [0.717, 1.165) is 18.4 Å². The second-order valence-electron chi connectivity index (χ2n) is 9.86.